The maximum absolute atomic E-state index is 11.4. The van der Waals surface area contributed by atoms with Gasteiger partial charge in [-0.1, -0.05) is 42.8 Å². The zero-order valence-electron chi connectivity index (χ0n) is 11.2. The Labute approximate surface area is 120 Å². The first-order valence-corrected chi connectivity index (χ1v) is 7.17. The van der Waals surface area contributed by atoms with Gasteiger partial charge in [0.25, 0.3) is 0 Å². The maximum atomic E-state index is 11.4. The van der Waals surface area contributed by atoms with Crippen molar-refractivity contribution in [2.24, 2.45) is 5.92 Å². The fourth-order valence-electron chi connectivity index (χ4n) is 2.39. The maximum Gasteiger partial charge on any atom is 0.181 e. The molecule has 1 aromatic rings. The Hall–Kier alpha value is -1.34. The summed E-state index contributed by atoms with van der Waals surface area (Å²) < 4.78 is 0. The predicted molar refractivity (Wildman–Crippen MR) is 80.4 cm³/mol. The summed E-state index contributed by atoms with van der Waals surface area (Å²) in [4.78, 5) is 11.4. The highest BCUT2D eigenvalue weighted by Gasteiger charge is 2.10. The standard InChI is InChI=1S/C17H19ClO/c1-13(11-14-6-3-9-16(18)12-14)5-2-7-15-8-4-10-17(15)19/h3-4,6-7,9-10,12-13H,2,5,8,11H2,1H3/b15-7+. The number of benzene rings is 1. The van der Waals surface area contributed by atoms with Gasteiger partial charge < -0.3 is 0 Å². The largest absolute Gasteiger partial charge is 0.290 e. The molecule has 1 nitrogen and oxygen atoms in total. The van der Waals surface area contributed by atoms with Crippen LogP contribution in [0.15, 0.2) is 48.1 Å². The lowest BCUT2D eigenvalue weighted by atomic mass is 9.96. The molecular formula is C17H19ClO. The van der Waals surface area contributed by atoms with Crippen LogP contribution in [0.2, 0.25) is 5.02 Å². The summed E-state index contributed by atoms with van der Waals surface area (Å²) in [6.45, 7) is 2.24. The number of carbonyl (C=O) groups is 1. The molecule has 1 atom stereocenters. The highest BCUT2D eigenvalue weighted by atomic mass is 35.5. The van der Waals surface area contributed by atoms with Crippen LogP contribution >= 0.6 is 11.6 Å². The van der Waals surface area contributed by atoms with E-state index in [0.29, 0.717) is 5.92 Å². The van der Waals surface area contributed by atoms with Crippen molar-refractivity contribution in [3.05, 3.63) is 58.7 Å². The first-order valence-electron chi connectivity index (χ1n) is 6.79. The highest BCUT2D eigenvalue weighted by Crippen LogP contribution is 2.19. The van der Waals surface area contributed by atoms with E-state index in [2.05, 4.69) is 19.1 Å². The third-order valence-electron chi connectivity index (χ3n) is 3.45. The van der Waals surface area contributed by atoms with Gasteiger partial charge in [0.2, 0.25) is 0 Å². The average molecular weight is 275 g/mol. The second-order valence-electron chi connectivity index (χ2n) is 5.22. The van der Waals surface area contributed by atoms with Crippen molar-refractivity contribution < 1.29 is 4.79 Å². The molecule has 1 unspecified atom stereocenters. The lowest BCUT2D eigenvalue weighted by Crippen LogP contribution is -2.00. The van der Waals surface area contributed by atoms with Gasteiger partial charge in [-0.15, -0.1) is 0 Å². The molecular weight excluding hydrogens is 256 g/mol. The van der Waals surface area contributed by atoms with Crippen molar-refractivity contribution in [3.63, 3.8) is 0 Å². The Bertz CT molecular complexity index is 514. The summed E-state index contributed by atoms with van der Waals surface area (Å²) in [6.07, 6.45) is 9.62. The quantitative estimate of drug-likeness (QED) is 0.708. The third-order valence-corrected chi connectivity index (χ3v) is 3.68. The van der Waals surface area contributed by atoms with Crippen molar-refractivity contribution in [1.29, 1.82) is 0 Å². The van der Waals surface area contributed by atoms with Gasteiger partial charge in [0.15, 0.2) is 5.78 Å². The van der Waals surface area contributed by atoms with Crippen molar-refractivity contribution in [3.8, 4) is 0 Å². The molecule has 0 bridgehead atoms. The summed E-state index contributed by atoms with van der Waals surface area (Å²) in [5, 5.41) is 0.800. The van der Waals surface area contributed by atoms with Crippen LogP contribution in [0.5, 0.6) is 0 Å². The van der Waals surface area contributed by atoms with E-state index in [0.717, 1.165) is 36.3 Å². The van der Waals surface area contributed by atoms with E-state index in [1.165, 1.54) is 5.56 Å². The van der Waals surface area contributed by atoms with Crippen molar-refractivity contribution in [2.75, 3.05) is 0 Å². The van der Waals surface area contributed by atoms with Gasteiger partial charge in [-0.2, -0.15) is 0 Å². The fraction of sp³-hybridized carbons (Fsp3) is 0.353. The first-order chi connectivity index (χ1) is 9.15. The molecule has 0 aliphatic heterocycles. The lowest BCUT2D eigenvalue weighted by molar-refractivity contribution is -0.111. The lowest BCUT2D eigenvalue weighted by Gasteiger charge is -2.10. The molecule has 0 aromatic heterocycles. The number of ketones is 1. The Kier molecular flexibility index (Phi) is 4.98. The summed E-state index contributed by atoms with van der Waals surface area (Å²) in [7, 11) is 0. The Balaban J connectivity index is 1.79. The first kappa shape index (κ1) is 14.1. The molecule has 0 saturated heterocycles. The van der Waals surface area contributed by atoms with Gasteiger partial charge in [-0.05, 0) is 60.9 Å². The zero-order valence-corrected chi connectivity index (χ0v) is 12.0. The van der Waals surface area contributed by atoms with Gasteiger partial charge in [0.1, 0.15) is 0 Å². The minimum Gasteiger partial charge on any atom is -0.290 e. The molecule has 2 rings (SSSR count). The van der Waals surface area contributed by atoms with Crippen molar-refractivity contribution in [2.45, 2.75) is 32.6 Å². The molecule has 0 amide bonds. The molecule has 1 aliphatic rings. The Morgan fingerprint density at radius 2 is 2.26 bits per heavy atom. The van der Waals surface area contributed by atoms with E-state index in [-0.39, 0.29) is 5.78 Å². The molecule has 0 radical (unpaired) electrons. The van der Waals surface area contributed by atoms with E-state index < -0.39 is 0 Å². The zero-order chi connectivity index (χ0) is 13.7. The Morgan fingerprint density at radius 1 is 1.42 bits per heavy atom. The van der Waals surface area contributed by atoms with Gasteiger partial charge in [0, 0.05) is 5.02 Å². The minimum atomic E-state index is 0.183. The third kappa shape index (κ3) is 4.36. The van der Waals surface area contributed by atoms with Gasteiger partial charge >= 0.3 is 0 Å². The molecule has 19 heavy (non-hydrogen) atoms. The van der Waals surface area contributed by atoms with Crippen molar-refractivity contribution in [1.82, 2.24) is 0 Å². The number of hydrogen-bond acceptors (Lipinski definition) is 1. The van der Waals surface area contributed by atoms with Crippen LogP contribution in [0.25, 0.3) is 0 Å². The summed E-state index contributed by atoms with van der Waals surface area (Å²) in [5.74, 6) is 0.780. The van der Waals surface area contributed by atoms with E-state index in [9.17, 15) is 4.79 Å². The van der Waals surface area contributed by atoms with E-state index in [1.807, 2.05) is 24.3 Å². The topological polar surface area (TPSA) is 17.1 Å². The summed E-state index contributed by atoms with van der Waals surface area (Å²) >= 11 is 5.98. The fourth-order valence-corrected chi connectivity index (χ4v) is 2.61. The smallest absolute Gasteiger partial charge is 0.181 e. The molecule has 0 saturated carbocycles. The SMILES string of the molecule is CC(CC/C=C1\CC=CC1=O)Cc1cccc(Cl)c1. The van der Waals surface area contributed by atoms with Crippen LogP contribution in [0.1, 0.15) is 31.7 Å². The summed E-state index contributed by atoms with van der Waals surface area (Å²) in [6, 6.07) is 8.04. The van der Waals surface area contributed by atoms with E-state index in [4.69, 9.17) is 11.6 Å². The molecule has 1 aromatic carbocycles. The summed E-state index contributed by atoms with van der Waals surface area (Å²) in [5.41, 5.74) is 2.24. The number of carbonyl (C=O) groups excluding carboxylic acids is 1. The van der Waals surface area contributed by atoms with Crippen LogP contribution in [-0.2, 0) is 11.2 Å². The predicted octanol–water partition coefficient (Wildman–Crippen LogP) is 4.75. The average Bonchev–Trinajstić information content (AvgIpc) is 2.75. The number of allylic oxidation sites excluding steroid dienone is 4. The second kappa shape index (κ2) is 6.72. The monoisotopic (exact) mass is 274 g/mol. The molecule has 0 heterocycles. The number of rotatable bonds is 5. The second-order valence-corrected chi connectivity index (χ2v) is 5.65. The highest BCUT2D eigenvalue weighted by molar-refractivity contribution is 6.30. The van der Waals surface area contributed by atoms with Crippen LogP contribution in [0, 0.1) is 5.92 Å². The van der Waals surface area contributed by atoms with Crippen LogP contribution in [-0.4, -0.2) is 5.78 Å². The molecule has 0 N–H and O–H groups in total. The molecule has 100 valence electrons. The van der Waals surface area contributed by atoms with Gasteiger partial charge in [-0.3, -0.25) is 4.79 Å². The van der Waals surface area contributed by atoms with Crippen LogP contribution < -0.4 is 0 Å². The molecule has 0 spiro atoms. The minimum absolute atomic E-state index is 0.183. The normalized spacial score (nSPS) is 18.2. The number of halogens is 1. The molecule has 1 aliphatic carbocycles. The molecule has 0 fully saturated rings. The van der Waals surface area contributed by atoms with Gasteiger partial charge in [0.05, 0.1) is 0 Å². The molecule has 2 heteroatoms. The van der Waals surface area contributed by atoms with Crippen LogP contribution in [0.3, 0.4) is 0 Å². The van der Waals surface area contributed by atoms with Gasteiger partial charge in [-0.25, -0.2) is 0 Å². The van der Waals surface area contributed by atoms with E-state index in [1.54, 1.807) is 6.08 Å². The Morgan fingerprint density at radius 3 is 2.95 bits per heavy atom. The number of hydrogen-bond donors (Lipinski definition) is 0. The van der Waals surface area contributed by atoms with E-state index >= 15 is 0 Å². The van der Waals surface area contributed by atoms with Crippen LogP contribution in [0.4, 0.5) is 0 Å². The van der Waals surface area contributed by atoms with Crippen molar-refractivity contribution >= 4 is 17.4 Å².